The molecule has 1 aliphatic heterocycles. The maximum atomic E-state index is 13.2. The van der Waals surface area contributed by atoms with Gasteiger partial charge < -0.3 is 14.4 Å². The Kier molecular flexibility index (Phi) is 5.77. The van der Waals surface area contributed by atoms with Gasteiger partial charge in [-0.15, -0.1) is 0 Å². The summed E-state index contributed by atoms with van der Waals surface area (Å²) in [4.78, 5) is 23.6. The lowest BCUT2D eigenvalue weighted by molar-refractivity contribution is 0.0494. The van der Waals surface area contributed by atoms with Crippen molar-refractivity contribution >= 4 is 16.9 Å². The third-order valence-electron chi connectivity index (χ3n) is 4.82. The molecule has 0 N–H and O–H groups in total. The Labute approximate surface area is 164 Å². The first-order valence-electron chi connectivity index (χ1n) is 9.59. The Morgan fingerprint density at radius 3 is 2.71 bits per heavy atom. The van der Waals surface area contributed by atoms with Crippen LogP contribution in [0.25, 0.3) is 11.0 Å². The van der Waals surface area contributed by atoms with E-state index in [4.69, 9.17) is 9.47 Å². The molecule has 1 aliphatic rings. The summed E-state index contributed by atoms with van der Waals surface area (Å²) in [6.07, 6.45) is 5.38. The molecule has 1 amide bonds. The number of carbonyl (C=O) groups excluding carboxylic acids is 1. The standard InChI is InChI=1S/C22H23N3O3/c26-22(17-8-9-20-21(15-17)24-11-10-23-20)25(16-19-7-4-13-27-19)12-14-28-18-5-2-1-3-6-18/h1-3,5-6,8-11,15,19H,4,7,12-14,16H2. The Morgan fingerprint density at radius 2 is 1.93 bits per heavy atom. The zero-order chi connectivity index (χ0) is 19.2. The molecular weight excluding hydrogens is 354 g/mol. The van der Waals surface area contributed by atoms with Crippen LogP contribution >= 0.6 is 0 Å². The van der Waals surface area contributed by atoms with Gasteiger partial charge in [0.15, 0.2) is 0 Å². The van der Waals surface area contributed by atoms with Crippen molar-refractivity contribution in [1.82, 2.24) is 14.9 Å². The van der Waals surface area contributed by atoms with Crippen molar-refractivity contribution < 1.29 is 14.3 Å². The second-order valence-electron chi connectivity index (χ2n) is 6.81. The van der Waals surface area contributed by atoms with Crippen molar-refractivity contribution in [2.45, 2.75) is 18.9 Å². The van der Waals surface area contributed by atoms with Gasteiger partial charge in [-0.25, -0.2) is 0 Å². The zero-order valence-corrected chi connectivity index (χ0v) is 15.7. The molecule has 4 rings (SSSR count). The highest BCUT2D eigenvalue weighted by Crippen LogP contribution is 2.17. The van der Waals surface area contributed by atoms with E-state index in [9.17, 15) is 4.79 Å². The van der Waals surface area contributed by atoms with Crippen molar-refractivity contribution in [2.75, 3.05) is 26.3 Å². The van der Waals surface area contributed by atoms with Crippen molar-refractivity contribution in [3.8, 4) is 5.75 Å². The van der Waals surface area contributed by atoms with Crippen LogP contribution < -0.4 is 4.74 Å². The number of ether oxygens (including phenoxy) is 2. The van der Waals surface area contributed by atoms with E-state index in [1.807, 2.05) is 41.3 Å². The van der Waals surface area contributed by atoms with Crippen molar-refractivity contribution in [3.05, 3.63) is 66.5 Å². The summed E-state index contributed by atoms with van der Waals surface area (Å²) >= 11 is 0. The van der Waals surface area contributed by atoms with Gasteiger partial charge in [0.2, 0.25) is 0 Å². The van der Waals surface area contributed by atoms with Gasteiger partial charge in [-0.1, -0.05) is 18.2 Å². The van der Waals surface area contributed by atoms with Gasteiger partial charge in [-0.05, 0) is 43.2 Å². The predicted molar refractivity (Wildman–Crippen MR) is 106 cm³/mol. The maximum absolute atomic E-state index is 13.2. The number of benzene rings is 2. The number of amides is 1. The lowest BCUT2D eigenvalue weighted by atomic mass is 10.1. The lowest BCUT2D eigenvalue weighted by Gasteiger charge is -2.25. The van der Waals surface area contributed by atoms with Gasteiger partial charge in [0.25, 0.3) is 5.91 Å². The summed E-state index contributed by atoms with van der Waals surface area (Å²) in [5.41, 5.74) is 2.09. The molecule has 3 aromatic rings. The largest absolute Gasteiger partial charge is 0.492 e. The van der Waals surface area contributed by atoms with Crippen LogP contribution in [0.5, 0.6) is 5.75 Å². The number of aromatic nitrogens is 2. The van der Waals surface area contributed by atoms with E-state index < -0.39 is 0 Å². The van der Waals surface area contributed by atoms with Crippen molar-refractivity contribution in [3.63, 3.8) is 0 Å². The second kappa shape index (κ2) is 8.80. The fourth-order valence-electron chi connectivity index (χ4n) is 3.38. The van der Waals surface area contributed by atoms with Gasteiger partial charge in [0.05, 0.1) is 23.7 Å². The van der Waals surface area contributed by atoms with Crippen LogP contribution in [0, 0.1) is 0 Å². The summed E-state index contributed by atoms with van der Waals surface area (Å²) in [6.45, 7) is 2.25. The zero-order valence-electron chi connectivity index (χ0n) is 15.7. The van der Waals surface area contributed by atoms with Crippen LogP contribution in [-0.2, 0) is 4.74 Å². The SMILES string of the molecule is O=C(c1ccc2nccnc2c1)N(CCOc1ccccc1)CC1CCCO1. The van der Waals surface area contributed by atoms with Gasteiger partial charge in [0.1, 0.15) is 12.4 Å². The molecule has 0 saturated carbocycles. The summed E-state index contributed by atoms with van der Waals surface area (Å²) in [5.74, 6) is 0.757. The highest BCUT2D eigenvalue weighted by Gasteiger charge is 2.23. The van der Waals surface area contributed by atoms with E-state index in [-0.39, 0.29) is 12.0 Å². The van der Waals surface area contributed by atoms with Gasteiger partial charge in [-0.2, -0.15) is 0 Å². The molecule has 1 atom stereocenters. The normalized spacial score (nSPS) is 16.2. The number of nitrogens with zero attached hydrogens (tertiary/aromatic N) is 3. The fourth-order valence-corrected chi connectivity index (χ4v) is 3.38. The van der Waals surface area contributed by atoms with Crippen LogP contribution in [0.2, 0.25) is 0 Å². The molecule has 28 heavy (non-hydrogen) atoms. The summed E-state index contributed by atoms with van der Waals surface area (Å²) in [6, 6.07) is 15.1. The molecule has 2 aromatic carbocycles. The number of hydrogen-bond donors (Lipinski definition) is 0. The number of rotatable bonds is 7. The predicted octanol–water partition coefficient (Wildman–Crippen LogP) is 3.33. The average molecular weight is 377 g/mol. The highest BCUT2D eigenvalue weighted by molar-refractivity contribution is 5.97. The first-order chi connectivity index (χ1) is 13.8. The Morgan fingerprint density at radius 1 is 1.11 bits per heavy atom. The molecule has 0 spiro atoms. The molecule has 6 heteroatoms. The topological polar surface area (TPSA) is 64.6 Å². The average Bonchev–Trinajstić information content (AvgIpc) is 3.26. The molecule has 1 saturated heterocycles. The number of para-hydroxylation sites is 1. The van der Waals surface area contributed by atoms with E-state index in [1.54, 1.807) is 24.5 Å². The smallest absolute Gasteiger partial charge is 0.254 e. The van der Waals surface area contributed by atoms with Crippen molar-refractivity contribution in [1.29, 1.82) is 0 Å². The highest BCUT2D eigenvalue weighted by atomic mass is 16.5. The lowest BCUT2D eigenvalue weighted by Crippen LogP contribution is -2.40. The van der Waals surface area contributed by atoms with E-state index in [0.717, 1.165) is 30.7 Å². The summed E-state index contributed by atoms with van der Waals surface area (Å²) < 4.78 is 11.5. The molecule has 1 aromatic heterocycles. The van der Waals surface area contributed by atoms with Crippen LogP contribution in [0.4, 0.5) is 0 Å². The van der Waals surface area contributed by atoms with E-state index in [1.165, 1.54) is 0 Å². The molecule has 0 radical (unpaired) electrons. The number of hydrogen-bond acceptors (Lipinski definition) is 5. The van der Waals surface area contributed by atoms with Gasteiger partial charge in [-0.3, -0.25) is 14.8 Å². The molecule has 0 bridgehead atoms. The van der Waals surface area contributed by atoms with E-state index in [2.05, 4.69) is 9.97 Å². The monoisotopic (exact) mass is 377 g/mol. The van der Waals surface area contributed by atoms with E-state index >= 15 is 0 Å². The van der Waals surface area contributed by atoms with Gasteiger partial charge in [0, 0.05) is 31.1 Å². The number of fused-ring (bicyclic) bond motifs is 1. The van der Waals surface area contributed by atoms with Crippen LogP contribution in [-0.4, -0.2) is 53.2 Å². The second-order valence-corrected chi connectivity index (χ2v) is 6.81. The van der Waals surface area contributed by atoms with Crippen molar-refractivity contribution in [2.24, 2.45) is 0 Å². The van der Waals surface area contributed by atoms with Crippen LogP contribution in [0.1, 0.15) is 23.2 Å². The molecule has 0 aliphatic carbocycles. The van der Waals surface area contributed by atoms with Crippen LogP contribution in [0.3, 0.4) is 0 Å². The fraction of sp³-hybridized carbons (Fsp3) is 0.318. The summed E-state index contributed by atoms with van der Waals surface area (Å²) in [7, 11) is 0. The summed E-state index contributed by atoms with van der Waals surface area (Å²) in [5, 5.41) is 0. The van der Waals surface area contributed by atoms with Crippen LogP contribution in [0.15, 0.2) is 60.9 Å². The van der Waals surface area contributed by atoms with Gasteiger partial charge >= 0.3 is 0 Å². The minimum absolute atomic E-state index is 0.0419. The molecule has 6 nitrogen and oxygen atoms in total. The minimum atomic E-state index is -0.0419. The first kappa shape index (κ1) is 18.4. The Bertz CT molecular complexity index is 926. The Balaban J connectivity index is 1.48. The molecule has 1 fully saturated rings. The third-order valence-corrected chi connectivity index (χ3v) is 4.82. The quantitative estimate of drug-likeness (QED) is 0.632. The number of carbonyl (C=O) groups is 1. The molecule has 1 unspecified atom stereocenters. The first-order valence-corrected chi connectivity index (χ1v) is 9.59. The molecule has 2 heterocycles. The molecular formula is C22H23N3O3. The third kappa shape index (κ3) is 4.46. The Hall–Kier alpha value is -2.99. The minimum Gasteiger partial charge on any atom is -0.492 e. The van der Waals surface area contributed by atoms with E-state index in [0.29, 0.717) is 30.8 Å². The maximum Gasteiger partial charge on any atom is 0.254 e. The molecule has 144 valence electrons.